The molecule has 6 heteroatoms. The normalized spacial score (nSPS) is 10.8. The minimum atomic E-state index is 0.0922. The van der Waals surface area contributed by atoms with Crippen LogP contribution in [0.15, 0.2) is 41.3 Å². The fourth-order valence-corrected chi connectivity index (χ4v) is 3.39. The Morgan fingerprint density at radius 2 is 1.61 bits per heavy atom. The topological polar surface area (TPSA) is 42.0 Å². The number of benzene rings is 2. The van der Waals surface area contributed by atoms with Crippen molar-refractivity contribution in [2.24, 2.45) is 0 Å². The van der Waals surface area contributed by atoms with E-state index in [0.717, 1.165) is 22.4 Å². The molecule has 5 nitrogen and oxygen atoms in total. The van der Waals surface area contributed by atoms with E-state index in [1.807, 2.05) is 38.1 Å². The molecule has 0 aliphatic rings. The van der Waals surface area contributed by atoms with Crippen LogP contribution >= 0.6 is 11.8 Å². The van der Waals surface area contributed by atoms with Gasteiger partial charge in [-0.15, -0.1) is 11.8 Å². The van der Waals surface area contributed by atoms with Crippen molar-refractivity contribution < 1.29 is 14.3 Å². The standard InChI is InChI=1S/C22H30N2O3S/c1-16-11-20(26-4)21(27-5)12-18(16)14-23(2)15-22(25)24(3)13-17-7-9-19(28-6)10-8-17/h7-12H,13-15H2,1-6H3. The number of hydrogen-bond donors (Lipinski definition) is 0. The number of rotatable bonds is 9. The largest absolute Gasteiger partial charge is 0.493 e. The van der Waals surface area contributed by atoms with Gasteiger partial charge in [0.15, 0.2) is 11.5 Å². The summed E-state index contributed by atoms with van der Waals surface area (Å²) in [7, 11) is 7.06. The molecule has 0 heterocycles. The highest BCUT2D eigenvalue weighted by atomic mass is 32.2. The average molecular weight is 403 g/mol. The van der Waals surface area contributed by atoms with Gasteiger partial charge >= 0.3 is 0 Å². The second-order valence-electron chi connectivity index (χ2n) is 6.90. The molecule has 2 aromatic carbocycles. The fourth-order valence-electron chi connectivity index (χ4n) is 2.98. The summed E-state index contributed by atoms with van der Waals surface area (Å²) in [5.41, 5.74) is 3.36. The van der Waals surface area contributed by atoms with E-state index in [-0.39, 0.29) is 5.91 Å². The highest BCUT2D eigenvalue weighted by molar-refractivity contribution is 7.98. The van der Waals surface area contributed by atoms with Crippen molar-refractivity contribution in [3.63, 3.8) is 0 Å². The summed E-state index contributed by atoms with van der Waals surface area (Å²) in [4.78, 5) is 17.6. The molecule has 0 saturated carbocycles. The van der Waals surface area contributed by atoms with Gasteiger partial charge in [-0.05, 0) is 61.2 Å². The van der Waals surface area contributed by atoms with Crippen LogP contribution in [0.4, 0.5) is 0 Å². The third kappa shape index (κ3) is 5.91. The Labute approximate surface area is 172 Å². The van der Waals surface area contributed by atoms with E-state index in [1.54, 1.807) is 30.9 Å². The van der Waals surface area contributed by atoms with Crippen LogP contribution in [0.3, 0.4) is 0 Å². The van der Waals surface area contributed by atoms with Crippen LogP contribution in [0.5, 0.6) is 11.5 Å². The number of aryl methyl sites for hydroxylation is 1. The Morgan fingerprint density at radius 3 is 2.18 bits per heavy atom. The van der Waals surface area contributed by atoms with Gasteiger partial charge in [-0.1, -0.05) is 12.1 Å². The van der Waals surface area contributed by atoms with Gasteiger partial charge in [0.25, 0.3) is 0 Å². The first-order valence-corrected chi connectivity index (χ1v) is 10.4. The fraction of sp³-hybridized carbons (Fsp3) is 0.409. The summed E-state index contributed by atoms with van der Waals surface area (Å²) in [6.07, 6.45) is 2.06. The zero-order valence-corrected chi connectivity index (χ0v) is 18.4. The Balaban J connectivity index is 1.96. The summed E-state index contributed by atoms with van der Waals surface area (Å²) in [5, 5.41) is 0. The molecule has 0 fully saturated rings. The summed E-state index contributed by atoms with van der Waals surface area (Å²) < 4.78 is 10.7. The summed E-state index contributed by atoms with van der Waals surface area (Å²) in [6.45, 7) is 3.66. The number of nitrogens with zero attached hydrogens (tertiary/aromatic N) is 2. The Bertz CT molecular complexity index is 793. The van der Waals surface area contributed by atoms with Crippen molar-refractivity contribution in [2.45, 2.75) is 24.9 Å². The SMILES string of the molecule is COc1cc(C)c(CN(C)CC(=O)N(C)Cc2ccc(SC)cc2)cc1OC. The van der Waals surface area contributed by atoms with Crippen molar-refractivity contribution in [1.29, 1.82) is 0 Å². The van der Waals surface area contributed by atoms with E-state index in [4.69, 9.17) is 9.47 Å². The number of carbonyl (C=O) groups excluding carboxylic acids is 1. The molecule has 0 aliphatic heterocycles. The third-order valence-electron chi connectivity index (χ3n) is 4.69. The molecule has 2 rings (SSSR count). The predicted octanol–water partition coefficient (Wildman–Crippen LogP) is 3.82. The van der Waals surface area contributed by atoms with Crippen molar-refractivity contribution in [3.8, 4) is 11.5 Å². The second kappa shape index (κ2) is 10.4. The van der Waals surface area contributed by atoms with Crippen LogP contribution in [0.25, 0.3) is 0 Å². The van der Waals surface area contributed by atoms with Crippen LogP contribution in [0.2, 0.25) is 0 Å². The van der Waals surface area contributed by atoms with Crippen LogP contribution in [-0.2, 0) is 17.9 Å². The average Bonchev–Trinajstić information content (AvgIpc) is 2.69. The van der Waals surface area contributed by atoms with E-state index >= 15 is 0 Å². The van der Waals surface area contributed by atoms with Crippen LogP contribution in [0.1, 0.15) is 16.7 Å². The van der Waals surface area contributed by atoms with Crippen molar-refractivity contribution >= 4 is 17.7 Å². The van der Waals surface area contributed by atoms with E-state index in [9.17, 15) is 4.79 Å². The molecule has 0 radical (unpaired) electrons. The van der Waals surface area contributed by atoms with Crippen molar-refractivity contribution in [3.05, 3.63) is 53.1 Å². The first kappa shape index (κ1) is 22.1. The smallest absolute Gasteiger partial charge is 0.236 e. The van der Waals surface area contributed by atoms with E-state index in [1.165, 1.54) is 4.90 Å². The highest BCUT2D eigenvalue weighted by Crippen LogP contribution is 2.30. The maximum Gasteiger partial charge on any atom is 0.236 e. The van der Waals surface area contributed by atoms with Crippen LogP contribution in [0, 0.1) is 6.92 Å². The molecular weight excluding hydrogens is 372 g/mol. The van der Waals surface area contributed by atoms with Crippen molar-refractivity contribution in [1.82, 2.24) is 9.80 Å². The number of carbonyl (C=O) groups is 1. The lowest BCUT2D eigenvalue weighted by Crippen LogP contribution is -2.36. The molecule has 152 valence electrons. The molecule has 2 aromatic rings. The van der Waals surface area contributed by atoms with Gasteiger partial charge in [0.05, 0.1) is 20.8 Å². The monoisotopic (exact) mass is 402 g/mol. The molecule has 0 bridgehead atoms. The molecule has 0 atom stereocenters. The predicted molar refractivity (Wildman–Crippen MR) is 115 cm³/mol. The number of amides is 1. The quantitative estimate of drug-likeness (QED) is 0.597. The van der Waals surface area contributed by atoms with Gasteiger partial charge in [-0.3, -0.25) is 9.69 Å². The molecule has 0 aliphatic carbocycles. The summed E-state index contributed by atoms with van der Waals surface area (Å²) in [5.74, 6) is 1.51. The Hall–Kier alpha value is -2.18. The summed E-state index contributed by atoms with van der Waals surface area (Å²) >= 11 is 1.71. The zero-order valence-electron chi connectivity index (χ0n) is 17.6. The first-order valence-electron chi connectivity index (χ1n) is 9.14. The van der Waals surface area contributed by atoms with Gasteiger partial charge < -0.3 is 14.4 Å². The van der Waals surface area contributed by atoms with Gasteiger partial charge in [-0.25, -0.2) is 0 Å². The highest BCUT2D eigenvalue weighted by Gasteiger charge is 2.15. The van der Waals surface area contributed by atoms with Gasteiger partial charge in [-0.2, -0.15) is 0 Å². The molecule has 0 saturated heterocycles. The maximum absolute atomic E-state index is 12.6. The first-order chi connectivity index (χ1) is 13.4. The van der Waals surface area contributed by atoms with Gasteiger partial charge in [0.1, 0.15) is 0 Å². The second-order valence-corrected chi connectivity index (χ2v) is 7.78. The van der Waals surface area contributed by atoms with E-state index in [2.05, 4.69) is 30.5 Å². The lowest BCUT2D eigenvalue weighted by molar-refractivity contribution is -0.131. The zero-order chi connectivity index (χ0) is 20.7. The number of methoxy groups -OCH3 is 2. The minimum absolute atomic E-state index is 0.0922. The number of likely N-dealkylation sites (N-methyl/N-ethyl adjacent to an activating group) is 2. The maximum atomic E-state index is 12.6. The minimum Gasteiger partial charge on any atom is -0.493 e. The molecule has 0 aromatic heterocycles. The van der Waals surface area contributed by atoms with Gasteiger partial charge in [0.2, 0.25) is 5.91 Å². The number of hydrogen-bond acceptors (Lipinski definition) is 5. The van der Waals surface area contributed by atoms with Crippen LogP contribution in [-0.4, -0.2) is 56.8 Å². The van der Waals surface area contributed by atoms with Crippen LogP contribution < -0.4 is 9.47 Å². The Kier molecular flexibility index (Phi) is 8.20. The molecular formula is C22H30N2O3S. The lowest BCUT2D eigenvalue weighted by atomic mass is 10.1. The third-order valence-corrected chi connectivity index (χ3v) is 5.44. The lowest BCUT2D eigenvalue weighted by Gasteiger charge is -2.23. The molecule has 0 spiro atoms. The number of thioether (sulfide) groups is 1. The van der Waals surface area contributed by atoms with Gasteiger partial charge in [0, 0.05) is 25.0 Å². The van der Waals surface area contributed by atoms with Crippen molar-refractivity contribution in [2.75, 3.05) is 41.1 Å². The molecule has 28 heavy (non-hydrogen) atoms. The summed E-state index contributed by atoms with van der Waals surface area (Å²) in [6, 6.07) is 12.3. The molecule has 1 amide bonds. The van der Waals surface area contributed by atoms with E-state index in [0.29, 0.717) is 25.4 Å². The molecule has 0 N–H and O–H groups in total. The van der Waals surface area contributed by atoms with E-state index < -0.39 is 0 Å². The molecule has 0 unspecified atom stereocenters. The number of ether oxygens (including phenoxy) is 2. The Morgan fingerprint density at radius 1 is 1.00 bits per heavy atom.